The van der Waals surface area contributed by atoms with Gasteiger partial charge in [0.1, 0.15) is 11.3 Å². The Morgan fingerprint density at radius 2 is 1.61 bits per heavy atom. The van der Waals surface area contributed by atoms with Crippen LogP contribution in [0.25, 0.3) is 10.8 Å². The smallest absolute Gasteiger partial charge is 0.342 e. The van der Waals surface area contributed by atoms with Crippen LogP contribution in [0, 0.1) is 0 Å². The zero-order valence-corrected chi connectivity index (χ0v) is 16.0. The molecule has 0 aliphatic rings. The summed E-state index contributed by atoms with van der Waals surface area (Å²) in [7, 11) is 1.50. The van der Waals surface area contributed by atoms with Gasteiger partial charge in [-0.1, -0.05) is 61.5 Å². The lowest BCUT2D eigenvalue weighted by molar-refractivity contribution is -0.124. The minimum atomic E-state index is -0.589. The second-order valence-corrected chi connectivity index (χ2v) is 6.59. The zero-order valence-electron chi connectivity index (χ0n) is 16.0. The Labute approximate surface area is 164 Å². The summed E-state index contributed by atoms with van der Waals surface area (Å²) < 4.78 is 10.5. The molecule has 0 spiro atoms. The van der Waals surface area contributed by atoms with Crippen LogP contribution in [0.1, 0.15) is 28.8 Å². The Hall–Kier alpha value is -3.34. The topological polar surface area (TPSA) is 64.6 Å². The normalized spacial score (nSPS) is 11.6. The molecule has 1 atom stereocenters. The standard InChI is InChI=1S/C23H23NO4/c1-16(17-8-4-3-5-9-17)14-24-22(25)15-28-23(26)20-12-18-10-6-7-11-19(18)13-21(20)27-2/h3-13,16H,14-15H2,1-2H3,(H,24,25)/t16-/m0/s1. The third kappa shape index (κ3) is 4.68. The molecule has 0 saturated carbocycles. The summed E-state index contributed by atoms with van der Waals surface area (Å²) in [5, 5.41) is 4.66. The van der Waals surface area contributed by atoms with Crippen molar-refractivity contribution in [3.05, 3.63) is 77.9 Å². The van der Waals surface area contributed by atoms with Crippen molar-refractivity contribution >= 4 is 22.6 Å². The molecule has 0 bridgehead atoms. The molecule has 144 valence electrons. The third-order valence-electron chi connectivity index (χ3n) is 4.60. The molecule has 28 heavy (non-hydrogen) atoms. The predicted molar refractivity (Wildman–Crippen MR) is 109 cm³/mol. The highest BCUT2D eigenvalue weighted by Crippen LogP contribution is 2.26. The molecule has 0 aliphatic carbocycles. The minimum absolute atomic E-state index is 0.168. The monoisotopic (exact) mass is 377 g/mol. The quantitative estimate of drug-likeness (QED) is 0.634. The molecule has 3 aromatic rings. The van der Waals surface area contributed by atoms with Crippen molar-refractivity contribution in [3.63, 3.8) is 0 Å². The number of carbonyl (C=O) groups excluding carboxylic acids is 2. The van der Waals surface area contributed by atoms with Crippen LogP contribution < -0.4 is 10.1 Å². The van der Waals surface area contributed by atoms with Gasteiger partial charge in [-0.3, -0.25) is 4.79 Å². The van der Waals surface area contributed by atoms with E-state index in [2.05, 4.69) is 5.32 Å². The molecule has 5 heteroatoms. The van der Waals surface area contributed by atoms with Crippen LogP contribution in [0.4, 0.5) is 0 Å². The van der Waals surface area contributed by atoms with Crippen LogP contribution in [-0.4, -0.2) is 32.1 Å². The Bertz CT molecular complexity index is 969. The molecule has 1 N–H and O–H groups in total. The molecule has 5 nitrogen and oxygen atoms in total. The number of ether oxygens (including phenoxy) is 2. The van der Waals surface area contributed by atoms with Crippen molar-refractivity contribution < 1.29 is 19.1 Å². The summed E-state index contributed by atoms with van der Waals surface area (Å²) in [6.45, 7) is 2.16. The Balaban J connectivity index is 1.57. The van der Waals surface area contributed by atoms with Gasteiger partial charge in [0, 0.05) is 6.54 Å². The fourth-order valence-corrected chi connectivity index (χ4v) is 2.97. The molecular formula is C23H23NO4. The summed E-state index contributed by atoms with van der Waals surface area (Å²) in [4.78, 5) is 24.5. The number of hydrogen-bond acceptors (Lipinski definition) is 4. The van der Waals surface area contributed by atoms with E-state index in [-0.39, 0.29) is 18.4 Å². The SMILES string of the molecule is COc1cc2ccccc2cc1C(=O)OCC(=O)NC[C@H](C)c1ccccc1. The molecule has 0 saturated heterocycles. The molecular weight excluding hydrogens is 354 g/mol. The fraction of sp³-hybridized carbons (Fsp3) is 0.217. The number of hydrogen-bond donors (Lipinski definition) is 1. The number of methoxy groups -OCH3 is 1. The van der Waals surface area contributed by atoms with Gasteiger partial charge in [-0.05, 0) is 34.4 Å². The minimum Gasteiger partial charge on any atom is -0.496 e. The van der Waals surface area contributed by atoms with Crippen LogP contribution in [0.15, 0.2) is 66.7 Å². The van der Waals surface area contributed by atoms with E-state index in [1.807, 2.05) is 61.5 Å². The van der Waals surface area contributed by atoms with Crippen molar-refractivity contribution in [3.8, 4) is 5.75 Å². The van der Waals surface area contributed by atoms with Gasteiger partial charge in [0.2, 0.25) is 0 Å². The maximum absolute atomic E-state index is 12.4. The van der Waals surface area contributed by atoms with E-state index in [9.17, 15) is 9.59 Å². The lowest BCUT2D eigenvalue weighted by Gasteiger charge is -2.14. The highest BCUT2D eigenvalue weighted by molar-refractivity contribution is 5.99. The molecule has 3 aromatic carbocycles. The molecule has 0 unspecified atom stereocenters. The molecule has 0 radical (unpaired) electrons. The number of benzene rings is 3. The maximum atomic E-state index is 12.4. The fourth-order valence-electron chi connectivity index (χ4n) is 2.97. The van der Waals surface area contributed by atoms with E-state index < -0.39 is 5.97 Å². The highest BCUT2D eigenvalue weighted by Gasteiger charge is 2.17. The molecule has 1 amide bonds. The van der Waals surface area contributed by atoms with Crippen LogP contribution in [0.3, 0.4) is 0 Å². The van der Waals surface area contributed by atoms with Crippen LogP contribution in [0.5, 0.6) is 5.75 Å². The van der Waals surface area contributed by atoms with Gasteiger partial charge in [-0.25, -0.2) is 4.79 Å². The molecule has 0 aliphatic heterocycles. The maximum Gasteiger partial charge on any atom is 0.342 e. The van der Waals surface area contributed by atoms with E-state index >= 15 is 0 Å². The van der Waals surface area contributed by atoms with E-state index in [1.165, 1.54) is 7.11 Å². The van der Waals surface area contributed by atoms with Gasteiger partial charge in [-0.15, -0.1) is 0 Å². The van der Waals surface area contributed by atoms with Gasteiger partial charge in [-0.2, -0.15) is 0 Å². The summed E-state index contributed by atoms with van der Waals surface area (Å²) in [5.74, 6) is -0.340. The summed E-state index contributed by atoms with van der Waals surface area (Å²) in [5.41, 5.74) is 1.44. The lowest BCUT2D eigenvalue weighted by Crippen LogP contribution is -2.31. The Morgan fingerprint density at radius 1 is 0.964 bits per heavy atom. The Kier molecular flexibility index (Phi) is 6.27. The van der Waals surface area contributed by atoms with Crippen LogP contribution >= 0.6 is 0 Å². The molecule has 3 rings (SSSR count). The van der Waals surface area contributed by atoms with E-state index in [0.717, 1.165) is 16.3 Å². The first-order valence-electron chi connectivity index (χ1n) is 9.14. The van der Waals surface area contributed by atoms with Crippen LogP contribution in [0.2, 0.25) is 0 Å². The van der Waals surface area contributed by atoms with Gasteiger partial charge in [0.15, 0.2) is 6.61 Å². The average Bonchev–Trinajstić information content (AvgIpc) is 2.75. The van der Waals surface area contributed by atoms with Gasteiger partial charge < -0.3 is 14.8 Å². The first kappa shape index (κ1) is 19.4. The average molecular weight is 377 g/mol. The summed E-state index contributed by atoms with van der Waals surface area (Å²) in [6, 6.07) is 21.1. The van der Waals surface area contributed by atoms with Crippen molar-refractivity contribution in [2.75, 3.05) is 20.3 Å². The molecule has 0 fully saturated rings. The largest absolute Gasteiger partial charge is 0.496 e. The van der Waals surface area contributed by atoms with Gasteiger partial charge in [0.25, 0.3) is 5.91 Å². The molecule has 0 heterocycles. The second-order valence-electron chi connectivity index (χ2n) is 6.59. The van der Waals surface area contributed by atoms with E-state index in [0.29, 0.717) is 17.9 Å². The third-order valence-corrected chi connectivity index (χ3v) is 4.60. The lowest BCUT2D eigenvalue weighted by atomic mass is 10.0. The highest BCUT2D eigenvalue weighted by atomic mass is 16.5. The van der Waals surface area contributed by atoms with Gasteiger partial charge in [0.05, 0.1) is 7.11 Å². The number of nitrogens with one attached hydrogen (secondary N) is 1. The number of amides is 1. The predicted octanol–water partition coefficient (Wildman–Crippen LogP) is 3.93. The van der Waals surface area contributed by atoms with Crippen molar-refractivity contribution in [2.24, 2.45) is 0 Å². The zero-order chi connectivity index (χ0) is 19.9. The van der Waals surface area contributed by atoms with Gasteiger partial charge >= 0.3 is 5.97 Å². The second kappa shape index (κ2) is 9.04. The number of esters is 1. The summed E-state index contributed by atoms with van der Waals surface area (Å²) in [6.07, 6.45) is 0. The van der Waals surface area contributed by atoms with E-state index in [1.54, 1.807) is 12.1 Å². The Morgan fingerprint density at radius 3 is 2.29 bits per heavy atom. The van der Waals surface area contributed by atoms with Crippen molar-refractivity contribution in [1.82, 2.24) is 5.32 Å². The first-order chi connectivity index (χ1) is 13.6. The summed E-state index contributed by atoms with van der Waals surface area (Å²) >= 11 is 0. The number of rotatable bonds is 7. The van der Waals surface area contributed by atoms with E-state index in [4.69, 9.17) is 9.47 Å². The number of fused-ring (bicyclic) bond motifs is 1. The van der Waals surface area contributed by atoms with Crippen molar-refractivity contribution in [1.29, 1.82) is 0 Å². The first-order valence-corrected chi connectivity index (χ1v) is 9.14. The van der Waals surface area contributed by atoms with Crippen molar-refractivity contribution in [2.45, 2.75) is 12.8 Å². The number of carbonyl (C=O) groups is 2. The molecule has 0 aromatic heterocycles. The van der Waals surface area contributed by atoms with Crippen LogP contribution in [-0.2, 0) is 9.53 Å².